The van der Waals surface area contributed by atoms with Crippen LogP contribution < -0.4 is 5.32 Å². The number of carbonyl (C=O) groups excluding carboxylic acids is 1. The van der Waals surface area contributed by atoms with Crippen LogP contribution in [0.5, 0.6) is 0 Å². The van der Waals surface area contributed by atoms with Gasteiger partial charge in [0, 0.05) is 30.7 Å². The Morgan fingerprint density at radius 3 is 2.80 bits per heavy atom. The lowest BCUT2D eigenvalue weighted by atomic mass is 10.1. The van der Waals surface area contributed by atoms with Crippen molar-refractivity contribution in [3.63, 3.8) is 0 Å². The van der Waals surface area contributed by atoms with Crippen molar-refractivity contribution in [1.29, 1.82) is 0 Å². The minimum Gasteiger partial charge on any atom is -0.348 e. The van der Waals surface area contributed by atoms with Crippen LogP contribution in [0.25, 0.3) is 21.3 Å². The van der Waals surface area contributed by atoms with E-state index >= 15 is 0 Å². The Balaban J connectivity index is 1.36. The lowest BCUT2D eigenvalue weighted by Crippen LogP contribution is -2.27. The third-order valence-electron chi connectivity index (χ3n) is 3.76. The van der Waals surface area contributed by atoms with Crippen molar-refractivity contribution in [3.8, 4) is 11.1 Å². The normalized spacial score (nSPS) is 10.9. The van der Waals surface area contributed by atoms with Gasteiger partial charge in [0.25, 0.3) is 5.91 Å². The van der Waals surface area contributed by atoms with E-state index in [1.54, 1.807) is 12.4 Å². The average molecular weight is 349 g/mol. The largest absolute Gasteiger partial charge is 0.348 e. The fourth-order valence-electron chi connectivity index (χ4n) is 2.51. The Hall–Kier alpha value is -3.06. The molecular formula is C18H15N5OS. The molecule has 124 valence electrons. The van der Waals surface area contributed by atoms with Crippen LogP contribution in [0.4, 0.5) is 0 Å². The number of pyridine rings is 1. The number of nitrogens with one attached hydrogen (secondary N) is 1. The molecule has 1 aromatic carbocycles. The zero-order valence-electron chi connectivity index (χ0n) is 13.3. The number of para-hydroxylation sites is 1. The zero-order valence-corrected chi connectivity index (χ0v) is 14.1. The number of fused-ring (bicyclic) bond motifs is 1. The second-order valence-electron chi connectivity index (χ2n) is 5.47. The van der Waals surface area contributed by atoms with Crippen molar-refractivity contribution in [2.75, 3.05) is 6.54 Å². The standard InChI is InChI=1S/C18H15N5OS/c24-17(18-22-15-3-1-2-4-16(15)25-18)20-9-10-23-12-14(11-21-23)13-5-7-19-8-6-13/h1-8,11-12H,9-10H2,(H,20,24). The molecule has 0 aliphatic carbocycles. The molecule has 0 bridgehead atoms. The van der Waals surface area contributed by atoms with E-state index in [4.69, 9.17) is 0 Å². The second-order valence-corrected chi connectivity index (χ2v) is 6.50. The number of rotatable bonds is 5. The molecule has 25 heavy (non-hydrogen) atoms. The Kier molecular flexibility index (Phi) is 4.22. The maximum atomic E-state index is 12.2. The van der Waals surface area contributed by atoms with Crippen LogP contribution in [0.3, 0.4) is 0 Å². The average Bonchev–Trinajstić information content (AvgIpc) is 3.29. The number of hydrogen-bond acceptors (Lipinski definition) is 5. The SMILES string of the molecule is O=C(NCCn1cc(-c2ccncc2)cn1)c1nc2ccccc2s1. The van der Waals surface area contributed by atoms with Crippen molar-refractivity contribution < 1.29 is 4.79 Å². The summed E-state index contributed by atoms with van der Waals surface area (Å²) in [5.41, 5.74) is 2.95. The first-order chi connectivity index (χ1) is 12.3. The van der Waals surface area contributed by atoms with E-state index < -0.39 is 0 Å². The van der Waals surface area contributed by atoms with E-state index in [0.29, 0.717) is 18.1 Å². The quantitative estimate of drug-likeness (QED) is 0.601. The molecule has 1 amide bonds. The summed E-state index contributed by atoms with van der Waals surface area (Å²) in [5.74, 6) is -0.150. The van der Waals surface area contributed by atoms with Crippen molar-refractivity contribution in [1.82, 2.24) is 25.1 Å². The summed E-state index contributed by atoms with van der Waals surface area (Å²) in [6.07, 6.45) is 7.28. The minimum absolute atomic E-state index is 0.150. The lowest BCUT2D eigenvalue weighted by molar-refractivity contribution is 0.0952. The summed E-state index contributed by atoms with van der Waals surface area (Å²) in [4.78, 5) is 20.6. The second kappa shape index (κ2) is 6.82. The lowest BCUT2D eigenvalue weighted by Gasteiger charge is -2.03. The van der Waals surface area contributed by atoms with Gasteiger partial charge in [0.15, 0.2) is 5.01 Å². The first-order valence-corrected chi connectivity index (χ1v) is 8.68. The van der Waals surface area contributed by atoms with Crippen molar-refractivity contribution in [3.05, 3.63) is 66.2 Å². The van der Waals surface area contributed by atoms with Crippen molar-refractivity contribution in [2.45, 2.75) is 6.54 Å². The molecule has 0 unspecified atom stereocenters. The molecule has 4 aromatic rings. The number of thiazole rings is 1. The Bertz CT molecular complexity index is 975. The summed E-state index contributed by atoms with van der Waals surface area (Å²) in [7, 11) is 0. The molecule has 0 spiro atoms. The van der Waals surface area contributed by atoms with E-state index in [-0.39, 0.29) is 5.91 Å². The van der Waals surface area contributed by atoms with E-state index in [1.165, 1.54) is 11.3 Å². The summed E-state index contributed by atoms with van der Waals surface area (Å²) in [5, 5.41) is 7.71. The molecule has 7 heteroatoms. The van der Waals surface area contributed by atoms with Gasteiger partial charge in [-0.15, -0.1) is 11.3 Å². The topological polar surface area (TPSA) is 72.7 Å². The zero-order chi connectivity index (χ0) is 17.1. The maximum absolute atomic E-state index is 12.2. The minimum atomic E-state index is -0.150. The molecular weight excluding hydrogens is 334 g/mol. The van der Waals surface area contributed by atoms with Crippen LogP contribution in [-0.4, -0.2) is 32.2 Å². The molecule has 0 saturated carbocycles. The van der Waals surface area contributed by atoms with Crippen LogP contribution in [0, 0.1) is 0 Å². The summed E-state index contributed by atoms with van der Waals surface area (Å²) in [6.45, 7) is 1.09. The van der Waals surface area contributed by atoms with Crippen LogP contribution >= 0.6 is 11.3 Å². The fraction of sp³-hybridized carbons (Fsp3) is 0.111. The molecule has 3 heterocycles. The van der Waals surface area contributed by atoms with Gasteiger partial charge >= 0.3 is 0 Å². The first kappa shape index (κ1) is 15.5. The van der Waals surface area contributed by atoms with Gasteiger partial charge in [0.1, 0.15) is 0 Å². The van der Waals surface area contributed by atoms with Crippen molar-refractivity contribution >= 4 is 27.5 Å². The van der Waals surface area contributed by atoms with Gasteiger partial charge < -0.3 is 5.32 Å². The van der Waals surface area contributed by atoms with E-state index in [9.17, 15) is 4.79 Å². The molecule has 1 N–H and O–H groups in total. The number of nitrogens with zero attached hydrogens (tertiary/aromatic N) is 4. The number of aromatic nitrogens is 4. The highest BCUT2D eigenvalue weighted by molar-refractivity contribution is 7.20. The van der Waals surface area contributed by atoms with E-state index in [2.05, 4.69) is 20.4 Å². The number of carbonyl (C=O) groups is 1. The highest BCUT2D eigenvalue weighted by atomic mass is 32.1. The highest BCUT2D eigenvalue weighted by Gasteiger charge is 2.11. The number of hydrogen-bond donors (Lipinski definition) is 1. The molecule has 4 rings (SSSR count). The molecule has 0 saturated heterocycles. The van der Waals surface area contributed by atoms with Gasteiger partial charge in [0.2, 0.25) is 0 Å². The van der Waals surface area contributed by atoms with Gasteiger partial charge in [-0.1, -0.05) is 12.1 Å². The third kappa shape index (κ3) is 3.41. The Morgan fingerprint density at radius 1 is 1.12 bits per heavy atom. The number of benzene rings is 1. The van der Waals surface area contributed by atoms with Gasteiger partial charge in [-0.05, 0) is 29.8 Å². The van der Waals surface area contributed by atoms with E-state index in [0.717, 1.165) is 21.3 Å². The monoisotopic (exact) mass is 349 g/mol. The van der Waals surface area contributed by atoms with Crippen LogP contribution in [0.1, 0.15) is 9.80 Å². The Morgan fingerprint density at radius 2 is 1.96 bits per heavy atom. The third-order valence-corrected chi connectivity index (χ3v) is 4.80. The smallest absolute Gasteiger partial charge is 0.280 e. The van der Waals surface area contributed by atoms with Crippen LogP contribution in [0.15, 0.2) is 61.2 Å². The fourth-order valence-corrected chi connectivity index (χ4v) is 3.39. The van der Waals surface area contributed by atoms with Gasteiger partial charge in [0.05, 0.1) is 23.0 Å². The molecule has 0 fully saturated rings. The molecule has 0 radical (unpaired) electrons. The summed E-state index contributed by atoms with van der Waals surface area (Å²) in [6, 6.07) is 11.6. The van der Waals surface area contributed by atoms with Gasteiger partial charge in [-0.2, -0.15) is 5.10 Å². The molecule has 0 atom stereocenters. The summed E-state index contributed by atoms with van der Waals surface area (Å²) < 4.78 is 2.83. The van der Waals surface area contributed by atoms with Crippen LogP contribution in [0.2, 0.25) is 0 Å². The van der Waals surface area contributed by atoms with Gasteiger partial charge in [-0.25, -0.2) is 4.98 Å². The predicted molar refractivity (Wildman–Crippen MR) is 97.4 cm³/mol. The molecule has 6 nitrogen and oxygen atoms in total. The molecule has 3 aromatic heterocycles. The van der Waals surface area contributed by atoms with Gasteiger partial charge in [-0.3, -0.25) is 14.5 Å². The summed E-state index contributed by atoms with van der Waals surface area (Å²) >= 11 is 1.40. The van der Waals surface area contributed by atoms with E-state index in [1.807, 2.05) is 53.5 Å². The predicted octanol–water partition coefficient (Wildman–Crippen LogP) is 2.98. The number of amides is 1. The molecule has 0 aliphatic heterocycles. The Labute approximate surface area is 148 Å². The molecule has 0 aliphatic rings. The first-order valence-electron chi connectivity index (χ1n) is 7.86. The van der Waals surface area contributed by atoms with Crippen LogP contribution in [-0.2, 0) is 6.54 Å². The van der Waals surface area contributed by atoms with Crippen molar-refractivity contribution in [2.24, 2.45) is 0 Å². The highest BCUT2D eigenvalue weighted by Crippen LogP contribution is 2.21. The maximum Gasteiger partial charge on any atom is 0.280 e.